The van der Waals surface area contributed by atoms with Crippen LogP contribution in [0, 0.1) is 11.3 Å². The van der Waals surface area contributed by atoms with Crippen molar-refractivity contribution in [3.63, 3.8) is 0 Å². The normalized spacial score (nSPS) is 12.0. The Morgan fingerprint density at radius 1 is 1.06 bits per heavy atom. The fourth-order valence-corrected chi connectivity index (χ4v) is 3.19. The monoisotopic (exact) mass is 450 g/mol. The van der Waals surface area contributed by atoms with E-state index in [1.165, 1.54) is 0 Å². The van der Waals surface area contributed by atoms with Crippen molar-refractivity contribution in [3.8, 4) is 11.8 Å². The number of carbonyl (C=O) groups is 1. The van der Waals surface area contributed by atoms with Crippen LogP contribution in [-0.2, 0) is 11.4 Å². The van der Waals surface area contributed by atoms with Crippen LogP contribution >= 0.6 is 23.2 Å². The molecule has 3 rings (SSSR count). The Balaban J connectivity index is 1.62. The summed E-state index contributed by atoms with van der Waals surface area (Å²) in [6, 6.07) is 23.8. The van der Waals surface area contributed by atoms with E-state index in [9.17, 15) is 10.1 Å². The lowest BCUT2D eigenvalue weighted by Crippen LogP contribution is -2.27. The van der Waals surface area contributed by atoms with Crippen LogP contribution in [0.1, 0.15) is 29.7 Å². The van der Waals surface area contributed by atoms with Gasteiger partial charge in [0.15, 0.2) is 0 Å². The summed E-state index contributed by atoms with van der Waals surface area (Å²) >= 11 is 11.9. The number of hydrogen-bond acceptors (Lipinski definition) is 3. The smallest absolute Gasteiger partial charge is 0.262 e. The summed E-state index contributed by atoms with van der Waals surface area (Å²) in [6.45, 7) is 2.22. The van der Waals surface area contributed by atoms with E-state index >= 15 is 0 Å². The van der Waals surface area contributed by atoms with Crippen LogP contribution in [0.5, 0.6) is 5.75 Å². The Morgan fingerprint density at radius 2 is 1.77 bits per heavy atom. The van der Waals surface area contributed by atoms with E-state index in [1.54, 1.807) is 42.5 Å². The summed E-state index contributed by atoms with van der Waals surface area (Å²) in [5.41, 5.74) is 2.62. The van der Waals surface area contributed by atoms with Gasteiger partial charge in [-0.2, -0.15) is 5.26 Å². The lowest BCUT2D eigenvalue weighted by atomic mass is 10.1. The summed E-state index contributed by atoms with van der Waals surface area (Å²) in [6.07, 6.45) is 1.55. The number of carbonyl (C=O) groups excluding carboxylic acids is 1. The number of benzene rings is 3. The Labute approximate surface area is 191 Å². The van der Waals surface area contributed by atoms with Crippen molar-refractivity contribution in [1.29, 1.82) is 5.26 Å². The van der Waals surface area contributed by atoms with Gasteiger partial charge in [0.1, 0.15) is 24.0 Å². The molecule has 0 heterocycles. The minimum Gasteiger partial charge on any atom is -0.489 e. The van der Waals surface area contributed by atoms with Crippen molar-refractivity contribution >= 4 is 35.2 Å². The van der Waals surface area contributed by atoms with E-state index < -0.39 is 5.91 Å². The molecule has 0 radical (unpaired) electrons. The highest BCUT2D eigenvalue weighted by Gasteiger charge is 2.13. The Morgan fingerprint density at radius 3 is 2.42 bits per heavy atom. The van der Waals surface area contributed by atoms with E-state index in [1.807, 2.05) is 49.4 Å². The molecular weight excluding hydrogens is 431 g/mol. The van der Waals surface area contributed by atoms with Gasteiger partial charge < -0.3 is 10.1 Å². The van der Waals surface area contributed by atoms with E-state index in [4.69, 9.17) is 27.9 Å². The largest absolute Gasteiger partial charge is 0.489 e. The quantitative estimate of drug-likeness (QED) is 0.336. The van der Waals surface area contributed by atoms with Gasteiger partial charge in [0.05, 0.1) is 16.1 Å². The molecule has 0 bridgehead atoms. The molecule has 0 aliphatic carbocycles. The molecular formula is C25H20Cl2N2O2. The lowest BCUT2D eigenvalue weighted by molar-refractivity contribution is -0.117. The molecule has 3 aromatic carbocycles. The van der Waals surface area contributed by atoms with Gasteiger partial charge in [-0.15, -0.1) is 0 Å². The number of hydrogen-bond donors (Lipinski definition) is 1. The Hall–Kier alpha value is -3.26. The number of halogens is 2. The molecule has 0 unspecified atom stereocenters. The molecule has 0 fully saturated rings. The molecule has 1 amide bonds. The zero-order valence-electron chi connectivity index (χ0n) is 16.8. The second kappa shape index (κ2) is 10.7. The first-order valence-corrected chi connectivity index (χ1v) is 10.4. The Bertz CT molecular complexity index is 1120. The predicted molar refractivity (Wildman–Crippen MR) is 124 cm³/mol. The molecule has 0 aromatic heterocycles. The van der Waals surface area contributed by atoms with E-state index in [2.05, 4.69) is 5.32 Å². The number of nitriles is 1. The number of nitrogens with zero attached hydrogens (tertiary/aromatic N) is 1. The molecule has 0 aliphatic heterocycles. The highest BCUT2D eigenvalue weighted by atomic mass is 35.5. The highest BCUT2D eigenvalue weighted by molar-refractivity contribution is 6.42. The fraction of sp³-hybridized carbons (Fsp3) is 0.120. The minimum absolute atomic E-state index is 0.0345. The topological polar surface area (TPSA) is 62.1 Å². The molecule has 1 N–H and O–H groups in total. The van der Waals surface area contributed by atoms with Crippen molar-refractivity contribution < 1.29 is 9.53 Å². The third kappa shape index (κ3) is 6.36. The summed E-state index contributed by atoms with van der Waals surface area (Å²) < 4.78 is 5.76. The minimum atomic E-state index is -0.418. The molecule has 1 atom stereocenters. The van der Waals surface area contributed by atoms with Gasteiger partial charge in [-0.3, -0.25) is 4.79 Å². The first-order valence-electron chi connectivity index (χ1n) is 9.60. The van der Waals surface area contributed by atoms with Crippen LogP contribution in [0.3, 0.4) is 0 Å². The number of rotatable bonds is 7. The maximum atomic E-state index is 12.5. The molecule has 6 heteroatoms. The average Bonchev–Trinajstić information content (AvgIpc) is 2.79. The average molecular weight is 451 g/mol. The lowest BCUT2D eigenvalue weighted by Gasteiger charge is -2.13. The number of amides is 1. The van der Waals surface area contributed by atoms with E-state index in [-0.39, 0.29) is 11.6 Å². The van der Waals surface area contributed by atoms with Gasteiger partial charge in [-0.05, 0) is 54.0 Å². The van der Waals surface area contributed by atoms with Crippen LogP contribution in [0.25, 0.3) is 6.08 Å². The maximum absolute atomic E-state index is 12.5. The van der Waals surface area contributed by atoms with Crippen LogP contribution in [-0.4, -0.2) is 5.91 Å². The van der Waals surface area contributed by atoms with Gasteiger partial charge in [-0.25, -0.2) is 0 Å². The first kappa shape index (κ1) is 22.4. The van der Waals surface area contributed by atoms with Gasteiger partial charge >= 0.3 is 0 Å². The second-order valence-corrected chi connectivity index (χ2v) is 7.70. The first-order chi connectivity index (χ1) is 15.0. The zero-order valence-corrected chi connectivity index (χ0v) is 18.3. The van der Waals surface area contributed by atoms with Crippen LogP contribution in [0.15, 0.2) is 78.4 Å². The second-order valence-electron chi connectivity index (χ2n) is 6.88. The summed E-state index contributed by atoms with van der Waals surface area (Å²) in [7, 11) is 0. The van der Waals surface area contributed by atoms with Gasteiger partial charge in [0, 0.05) is 0 Å². The predicted octanol–water partition coefficient (Wildman–Crippen LogP) is 6.36. The molecule has 4 nitrogen and oxygen atoms in total. The summed E-state index contributed by atoms with van der Waals surface area (Å²) in [4.78, 5) is 12.5. The molecule has 31 heavy (non-hydrogen) atoms. The van der Waals surface area contributed by atoms with Crippen molar-refractivity contribution in [1.82, 2.24) is 5.32 Å². The standard InChI is InChI=1S/C25H20Cl2N2O2/c1-17(20-5-3-2-4-6-20)29-25(30)21(15-28)13-18-7-10-22(11-8-18)31-16-19-9-12-23(26)24(27)14-19/h2-14,17H,16H2,1H3,(H,29,30)/b21-13-/t17-/m1/s1. The molecule has 0 aliphatic rings. The highest BCUT2D eigenvalue weighted by Crippen LogP contribution is 2.24. The van der Waals surface area contributed by atoms with Crippen LogP contribution < -0.4 is 10.1 Å². The van der Waals surface area contributed by atoms with Crippen LogP contribution in [0.2, 0.25) is 10.0 Å². The third-order valence-electron chi connectivity index (χ3n) is 4.59. The van der Waals surface area contributed by atoms with Gasteiger partial charge in [0.2, 0.25) is 0 Å². The fourth-order valence-electron chi connectivity index (χ4n) is 2.87. The molecule has 156 valence electrons. The van der Waals surface area contributed by atoms with Crippen molar-refractivity contribution in [3.05, 3.63) is 105 Å². The van der Waals surface area contributed by atoms with Crippen LogP contribution in [0.4, 0.5) is 0 Å². The van der Waals surface area contributed by atoms with Gasteiger partial charge in [-0.1, -0.05) is 71.7 Å². The number of ether oxygens (including phenoxy) is 1. The van der Waals surface area contributed by atoms with Crippen molar-refractivity contribution in [2.75, 3.05) is 0 Å². The number of nitrogens with one attached hydrogen (secondary N) is 1. The van der Waals surface area contributed by atoms with Crippen molar-refractivity contribution in [2.24, 2.45) is 0 Å². The SMILES string of the molecule is C[C@@H](NC(=O)/C(C#N)=C\c1ccc(OCc2ccc(Cl)c(Cl)c2)cc1)c1ccccc1. The maximum Gasteiger partial charge on any atom is 0.262 e. The van der Waals surface area contributed by atoms with E-state index in [0.717, 1.165) is 16.7 Å². The third-order valence-corrected chi connectivity index (χ3v) is 5.33. The van der Waals surface area contributed by atoms with E-state index in [0.29, 0.717) is 22.4 Å². The molecule has 0 spiro atoms. The summed E-state index contributed by atoms with van der Waals surface area (Å²) in [5, 5.41) is 13.3. The van der Waals surface area contributed by atoms with Crippen molar-refractivity contribution in [2.45, 2.75) is 19.6 Å². The molecule has 0 saturated carbocycles. The Kier molecular flexibility index (Phi) is 7.72. The zero-order chi connectivity index (χ0) is 22.2. The molecule has 0 saturated heterocycles. The van der Waals surface area contributed by atoms with Gasteiger partial charge in [0.25, 0.3) is 5.91 Å². The molecule has 3 aromatic rings. The summed E-state index contributed by atoms with van der Waals surface area (Å²) in [5.74, 6) is 0.239.